The molecule has 1 fully saturated rings. The van der Waals surface area contributed by atoms with Crippen molar-refractivity contribution < 1.29 is 19.1 Å². The Kier molecular flexibility index (Phi) is 6.75. The smallest absolute Gasteiger partial charge is 0.225 e. The van der Waals surface area contributed by atoms with Gasteiger partial charge in [0.2, 0.25) is 11.8 Å². The van der Waals surface area contributed by atoms with Crippen molar-refractivity contribution in [1.82, 2.24) is 10.2 Å². The Balaban J connectivity index is 1.73. The first-order chi connectivity index (χ1) is 14.0. The van der Waals surface area contributed by atoms with Crippen LogP contribution in [0.15, 0.2) is 48.5 Å². The van der Waals surface area contributed by atoms with E-state index in [0.29, 0.717) is 6.54 Å². The molecule has 0 aliphatic heterocycles. The Morgan fingerprint density at radius 3 is 2.03 bits per heavy atom. The lowest BCUT2D eigenvalue weighted by Crippen LogP contribution is -2.36. The van der Waals surface area contributed by atoms with Crippen LogP contribution in [0.25, 0.3) is 0 Å². The number of hydrogen-bond donors (Lipinski definition) is 1. The van der Waals surface area contributed by atoms with Gasteiger partial charge in [-0.2, -0.15) is 0 Å². The Bertz CT molecular complexity index is 829. The number of amides is 2. The predicted molar refractivity (Wildman–Crippen MR) is 111 cm³/mol. The van der Waals surface area contributed by atoms with Crippen LogP contribution in [0.1, 0.15) is 43.4 Å². The van der Waals surface area contributed by atoms with E-state index in [0.717, 1.165) is 35.5 Å². The van der Waals surface area contributed by atoms with Gasteiger partial charge in [-0.25, -0.2) is 0 Å². The van der Waals surface area contributed by atoms with Gasteiger partial charge in [0.15, 0.2) is 0 Å². The number of rotatable bonds is 9. The third-order valence-electron chi connectivity index (χ3n) is 5.09. The Labute approximate surface area is 171 Å². The third-order valence-corrected chi connectivity index (χ3v) is 5.09. The summed E-state index contributed by atoms with van der Waals surface area (Å²) in [5.74, 6) is 1.41. The first-order valence-corrected chi connectivity index (χ1v) is 9.83. The highest BCUT2D eigenvalue weighted by Gasteiger charge is 2.33. The molecule has 1 aliphatic carbocycles. The second kappa shape index (κ2) is 9.45. The van der Waals surface area contributed by atoms with Crippen LogP contribution in [0, 0.1) is 0 Å². The third kappa shape index (κ3) is 5.73. The number of nitrogens with one attached hydrogen (secondary N) is 1. The second-order valence-electron chi connectivity index (χ2n) is 7.33. The van der Waals surface area contributed by atoms with Crippen molar-refractivity contribution in [2.24, 2.45) is 0 Å². The van der Waals surface area contributed by atoms with Crippen LogP contribution in [-0.2, 0) is 16.1 Å². The summed E-state index contributed by atoms with van der Waals surface area (Å²) in [5.41, 5.74) is 1.95. The summed E-state index contributed by atoms with van der Waals surface area (Å²) >= 11 is 0. The first kappa shape index (κ1) is 20.7. The Morgan fingerprint density at radius 1 is 1.00 bits per heavy atom. The standard InChI is InChI=1S/C23H28N2O4/c1-16(26)24-22(18-6-12-21(29-3)13-7-18)14-23(27)25(19-8-9-19)15-17-4-10-20(28-2)11-5-17/h4-7,10-13,19,22H,8-9,14-15H2,1-3H3,(H,24,26). The first-order valence-electron chi connectivity index (χ1n) is 9.83. The zero-order chi connectivity index (χ0) is 20.8. The molecule has 6 nitrogen and oxygen atoms in total. The molecular formula is C23H28N2O4. The monoisotopic (exact) mass is 396 g/mol. The molecular weight excluding hydrogens is 368 g/mol. The molecule has 2 aromatic carbocycles. The highest BCUT2D eigenvalue weighted by Crippen LogP contribution is 2.31. The lowest BCUT2D eigenvalue weighted by Gasteiger charge is -2.26. The lowest BCUT2D eigenvalue weighted by molar-refractivity contribution is -0.133. The molecule has 6 heteroatoms. The minimum Gasteiger partial charge on any atom is -0.497 e. The van der Waals surface area contributed by atoms with Crippen molar-refractivity contribution in [2.75, 3.05) is 14.2 Å². The van der Waals surface area contributed by atoms with Gasteiger partial charge in [0.1, 0.15) is 11.5 Å². The Morgan fingerprint density at radius 2 is 1.55 bits per heavy atom. The zero-order valence-electron chi connectivity index (χ0n) is 17.2. The molecule has 1 N–H and O–H groups in total. The largest absolute Gasteiger partial charge is 0.497 e. The van der Waals surface area contributed by atoms with E-state index in [1.165, 1.54) is 6.92 Å². The highest BCUT2D eigenvalue weighted by molar-refractivity contribution is 5.79. The van der Waals surface area contributed by atoms with Crippen molar-refractivity contribution in [1.29, 1.82) is 0 Å². The maximum absolute atomic E-state index is 13.2. The minimum absolute atomic E-state index is 0.0397. The van der Waals surface area contributed by atoms with Gasteiger partial charge in [-0.15, -0.1) is 0 Å². The molecule has 29 heavy (non-hydrogen) atoms. The SMILES string of the molecule is COc1ccc(CN(C(=O)CC(NC(C)=O)c2ccc(OC)cc2)C2CC2)cc1. The van der Waals surface area contributed by atoms with Crippen molar-refractivity contribution in [3.05, 3.63) is 59.7 Å². The summed E-state index contributed by atoms with van der Waals surface area (Å²) in [7, 11) is 3.24. The van der Waals surface area contributed by atoms with E-state index in [4.69, 9.17) is 9.47 Å². The molecule has 0 heterocycles. The van der Waals surface area contributed by atoms with Gasteiger partial charge < -0.3 is 19.7 Å². The van der Waals surface area contributed by atoms with Crippen LogP contribution in [0.2, 0.25) is 0 Å². The highest BCUT2D eigenvalue weighted by atomic mass is 16.5. The van der Waals surface area contributed by atoms with Crippen LogP contribution < -0.4 is 14.8 Å². The van der Waals surface area contributed by atoms with Crippen molar-refractivity contribution in [2.45, 2.75) is 44.8 Å². The summed E-state index contributed by atoms with van der Waals surface area (Å²) < 4.78 is 10.4. The van der Waals surface area contributed by atoms with E-state index in [2.05, 4.69) is 5.32 Å². The van der Waals surface area contributed by atoms with Crippen molar-refractivity contribution in [3.63, 3.8) is 0 Å². The van der Waals surface area contributed by atoms with E-state index in [1.807, 2.05) is 53.4 Å². The van der Waals surface area contributed by atoms with Gasteiger partial charge in [-0.1, -0.05) is 24.3 Å². The van der Waals surface area contributed by atoms with Gasteiger partial charge in [0.25, 0.3) is 0 Å². The second-order valence-corrected chi connectivity index (χ2v) is 7.33. The molecule has 1 saturated carbocycles. The Hall–Kier alpha value is -3.02. The fourth-order valence-corrected chi connectivity index (χ4v) is 3.36. The van der Waals surface area contributed by atoms with Gasteiger partial charge in [0.05, 0.1) is 26.7 Å². The van der Waals surface area contributed by atoms with Crippen LogP contribution in [0.5, 0.6) is 11.5 Å². The normalized spacial score (nSPS) is 14.0. The summed E-state index contributed by atoms with van der Waals surface area (Å²) in [5, 5.41) is 2.91. The van der Waals surface area contributed by atoms with E-state index in [-0.39, 0.29) is 30.3 Å². The molecule has 1 atom stereocenters. The maximum atomic E-state index is 13.2. The molecule has 154 valence electrons. The molecule has 0 bridgehead atoms. The number of ether oxygens (including phenoxy) is 2. The molecule has 0 aromatic heterocycles. The van der Waals surface area contributed by atoms with E-state index in [1.54, 1.807) is 14.2 Å². The number of methoxy groups -OCH3 is 2. The predicted octanol–water partition coefficient (Wildman–Crippen LogP) is 3.46. The quantitative estimate of drug-likeness (QED) is 0.705. The fraction of sp³-hybridized carbons (Fsp3) is 0.391. The number of nitrogens with zero attached hydrogens (tertiary/aromatic N) is 1. The number of benzene rings is 2. The van der Waals surface area contributed by atoms with Crippen molar-refractivity contribution >= 4 is 11.8 Å². The van der Waals surface area contributed by atoms with E-state index in [9.17, 15) is 9.59 Å². The molecule has 0 radical (unpaired) electrons. The van der Waals surface area contributed by atoms with Gasteiger partial charge >= 0.3 is 0 Å². The summed E-state index contributed by atoms with van der Waals surface area (Å²) in [6.07, 6.45) is 2.27. The lowest BCUT2D eigenvalue weighted by atomic mass is 10.0. The molecule has 0 saturated heterocycles. The average molecular weight is 396 g/mol. The van der Waals surface area contributed by atoms with Crippen molar-refractivity contribution in [3.8, 4) is 11.5 Å². The fourth-order valence-electron chi connectivity index (χ4n) is 3.36. The number of hydrogen-bond acceptors (Lipinski definition) is 4. The minimum atomic E-state index is -0.372. The molecule has 0 spiro atoms. The zero-order valence-corrected chi connectivity index (χ0v) is 17.2. The van der Waals surface area contributed by atoms with E-state index >= 15 is 0 Å². The summed E-state index contributed by atoms with van der Waals surface area (Å²) in [6, 6.07) is 15.1. The van der Waals surface area contributed by atoms with Gasteiger partial charge in [-0.3, -0.25) is 9.59 Å². The topological polar surface area (TPSA) is 67.9 Å². The van der Waals surface area contributed by atoms with Crippen LogP contribution in [0.3, 0.4) is 0 Å². The van der Waals surface area contributed by atoms with E-state index < -0.39 is 0 Å². The molecule has 1 unspecified atom stereocenters. The average Bonchev–Trinajstić information content (AvgIpc) is 3.56. The van der Waals surface area contributed by atoms with Crippen LogP contribution in [-0.4, -0.2) is 37.0 Å². The van der Waals surface area contributed by atoms with Gasteiger partial charge in [0, 0.05) is 19.5 Å². The molecule has 3 rings (SSSR count). The number of carbonyl (C=O) groups excluding carboxylic acids is 2. The van der Waals surface area contributed by atoms with Crippen LogP contribution in [0.4, 0.5) is 0 Å². The maximum Gasteiger partial charge on any atom is 0.225 e. The molecule has 2 amide bonds. The molecule has 1 aliphatic rings. The summed E-state index contributed by atoms with van der Waals surface area (Å²) in [6.45, 7) is 2.03. The van der Waals surface area contributed by atoms with Gasteiger partial charge in [-0.05, 0) is 48.2 Å². The van der Waals surface area contributed by atoms with Crippen LogP contribution >= 0.6 is 0 Å². The number of carbonyl (C=O) groups is 2. The summed E-state index contributed by atoms with van der Waals surface area (Å²) in [4.78, 5) is 26.8. The molecule has 2 aromatic rings.